The molecule has 0 aromatic carbocycles. The first kappa shape index (κ1) is 21.3. The van der Waals surface area contributed by atoms with Gasteiger partial charge in [-0.2, -0.15) is 0 Å². The van der Waals surface area contributed by atoms with Crippen LogP contribution in [0.3, 0.4) is 0 Å². The summed E-state index contributed by atoms with van der Waals surface area (Å²) in [5.74, 6) is -0.653. The van der Waals surface area contributed by atoms with Crippen molar-refractivity contribution in [2.24, 2.45) is 0 Å². The summed E-state index contributed by atoms with van der Waals surface area (Å²) in [7, 11) is 1.24. The number of hydrogen-bond acceptors (Lipinski definition) is 6. The minimum atomic E-state index is -0.641. The number of methoxy groups -OCH3 is 1. The van der Waals surface area contributed by atoms with Gasteiger partial charge >= 0.3 is 12.1 Å². The summed E-state index contributed by atoms with van der Waals surface area (Å²) in [5.41, 5.74) is -0.540. The molecule has 0 unspecified atom stereocenters. The smallest absolute Gasteiger partial charge is 0.410 e. The molecule has 0 spiro atoms. The standard InChI is InChI=1S/C18H31NO6/c1-18(2,3)25-17(23)19-12-14(16(22)24-4)15(21)11-13(19)9-7-5-6-8-10-20/h13,20-21H,5-12H2,1-4H3/t13-/m1/s1. The number of hydrogen-bond donors (Lipinski definition) is 2. The molecule has 1 heterocycles. The zero-order chi connectivity index (χ0) is 19.0. The lowest BCUT2D eigenvalue weighted by atomic mass is 9.96. The van der Waals surface area contributed by atoms with Crippen LogP contribution < -0.4 is 0 Å². The number of nitrogens with zero attached hydrogens (tertiary/aromatic N) is 1. The monoisotopic (exact) mass is 357 g/mol. The number of unbranched alkanes of at least 4 members (excludes halogenated alkanes) is 3. The molecular formula is C18H31NO6. The second-order valence-electron chi connectivity index (χ2n) is 7.31. The zero-order valence-corrected chi connectivity index (χ0v) is 15.7. The zero-order valence-electron chi connectivity index (χ0n) is 15.7. The Labute approximate surface area is 149 Å². The fraction of sp³-hybridized carbons (Fsp3) is 0.778. The van der Waals surface area contributed by atoms with Gasteiger partial charge < -0.3 is 24.6 Å². The van der Waals surface area contributed by atoms with Gasteiger partial charge in [-0.3, -0.25) is 0 Å². The van der Waals surface area contributed by atoms with Crippen LogP contribution in [0.1, 0.15) is 59.3 Å². The summed E-state index contributed by atoms with van der Waals surface area (Å²) < 4.78 is 10.1. The maximum absolute atomic E-state index is 12.5. The summed E-state index contributed by atoms with van der Waals surface area (Å²) in [6.07, 6.45) is 3.90. The maximum atomic E-state index is 12.5. The minimum Gasteiger partial charge on any atom is -0.512 e. The van der Waals surface area contributed by atoms with Crippen LogP contribution in [-0.2, 0) is 14.3 Å². The highest BCUT2D eigenvalue weighted by Crippen LogP contribution is 2.27. The highest BCUT2D eigenvalue weighted by molar-refractivity contribution is 5.90. The first-order valence-corrected chi connectivity index (χ1v) is 8.79. The molecule has 2 N–H and O–H groups in total. The van der Waals surface area contributed by atoms with Crippen molar-refractivity contribution in [3.63, 3.8) is 0 Å². The van der Waals surface area contributed by atoms with Crippen molar-refractivity contribution in [1.29, 1.82) is 0 Å². The SMILES string of the molecule is COC(=O)C1=C(O)C[C@@H](CCCCCCO)N(C(=O)OC(C)(C)C)C1. The van der Waals surface area contributed by atoms with Crippen LogP contribution in [0.2, 0.25) is 0 Å². The molecule has 0 aromatic heterocycles. The Kier molecular flexibility index (Phi) is 8.22. The Morgan fingerprint density at radius 1 is 1.20 bits per heavy atom. The van der Waals surface area contributed by atoms with E-state index in [1.807, 2.05) is 0 Å². The van der Waals surface area contributed by atoms with Gasteiger partial charge in [-0.15, -0.1) is 0 Å². The van der Waals surface area contributed by atoms with Crippen LogP contribution >= 0.6 is 0 Å². The molecule has 0 radical (unpaired) electrons. The summed E-state index contributed by atoms with van der Waals surface area (Å²) in [6, 6.07) is -0.225. The Hall–Kier alpha value is -1.76. The van der Waals surface area contributed by atoms with Gasteiger partial charge in [-0.1, -0.05) is 19.3 Å². The van der Waals surface area contributed by atoms with E-state index in [4.69, 9.17) is 14.6 Å². The van der Waals surface area contributed by atoms with E-state index < -0.39 is 17.7 Å². The summed E-state index contributed by atoms with van der Waals surface area (Å²) in [5, 5.41) is 19.0. The number of aliphatic hydroxyl groups is 2. The molecule has 7 nitrogen and oxygen atoms in total. The van der Waals surface area contributed by atoms with Crippen LogP contribution in [0, 0.1) is 0 Å². The Bertz CT molecular complexity index is 494. The fourth-order valence-corrected chi connectivity index (χ4v) is 2.79. The second-order valence-corrected chi connectivity index (χ2v) is 7.31. The molecule has 1 amide bonds. The summed E-state index contributed by atoms with van der Waals surface area (Å²) >= 11 is 0. The van der Waals surface area contributed by atoms with Gasteiger partial charge in [0.05, 0.1) is 19.2 Å². The number of carbonyl (C=O) groups is 2. The van der Waals surface area contributed by atoms with Gasteiger partial charge in [0.15, 0.2) is 0 Å². The Balaban J connectivity index is 2.84. The van der Waals surface area contributed by atoms with Gasteiger partial charge in [0.2, 0.25) is 0 Å². The number of aliphatic hydroxyl groups excluding tert-OH is 2. The summed E-state index contributed by atoms with van der Waals surface area (Å²) in [6.45, 7) is 5.52. The average Bonchev–Trinajstić information content (AvgIpc) is 2.52. The largest absolute Gasteiger partial charge is 0.512 e. The topological polar surface area (TPSA) is 96.3 Å². The molecule has 0 bridgehead atoms. The Morgan fingerprint density at radius 2 is 1.84 bits per heavy atom. The maximum Gasteiger partial charge on any atom is 0.410 e. The van der Waals surface area contributed by atoms with E-state index in [0.717, 1.165) is 25.7 Å². The number of rotatable bonds is 7. The van der Waals surface area contributed by atoms with Crippen molar-refractivity contribution in [1.82, 2.24) is 4.90 Å². The molecule has 1 aliphatic rings. The van der Waals surface area contributed by atoms with E-state index in [1.165, 1.54) is 12.0 Å². The van der Waals surface area contributed by atoms with Crippen LogP contribution in [0.5, 0.6) is 0 Å². The second kappa shape index (κ2) is 9.65. The lowest BCUT2D eigenvalue weighted by molar-refractivity contribution is -0.136. The molecule has 7 heteroatoms. The predicted molar refractivity (Wildman–Crippen MR) is 93.2 cm³/mol. The highest BCUT2D eigenvalue weighted by Gasteiger charge is 2.36. The number of carbonyl (C=O) groups excluding carboxylic acids is 2. The lowest BCUT2D eigenvalue weighted by Crippen LogP contribution is -2.48. The van der Waals surface area contributed by atoms with Crippen molar-refractivity contribution < 1.29 is 29.3 Å². The van der Waals surface area contributed by atoms with Crippen molar-refractivity contribution in [2.75, 3.05) is 20.3 Å². The average molecular weight is 357 g/mol. The van der Waals surface area contributed by atoms with Crippen LogP contribution in [0.25, 0.3) is 0 Å². The van der Waals surface area contributed by atoms with E-state index in [1.54, 1.807) is 20.8 Å². The van der Waals surface area contributed by atoms with E-state index in [0.29, 0.717) is 6.42 Å². The van der Waals surface area contributed by atoms with Gasteiger partial charge in [0.1, 0.15) is 11.4 Å². The summed E-state index contributed by atoms with van der Waals surface area (Å²) in [4.78, 5) is 25.9. The highest BCUT2D eigenvalue weighted by atomic mass is 16.6. The van der Waals surface area contributed by atoms with E-state index in [2.05, 4.69) is 0 Å². The molecule has 1 rings (SSSR count). The minimum absolute atomic E-state index is 0.0191. The van der Waals surface area contributed by atoms with Crippen molar-refractivity contribution >= 4 is 12.1 Å². The molecule has 0 saturated heterocycles. The van der Waals surface area contributed by atoms with Gasteiger partial charge in [0, 0.05) is 19.1 Å². The molecule has 0 aliphatic carbocycles. The van der Waals surface area contributed by atoms with Gasteiger partial charge in [-0.05, 0) is 33.6 Å². The predicted octanol–water partition coefficient (Wildman–Crippen LogP) is 2.92. The van der Waals surface area contributed by atoms with E-state index in [-0.39, 0.29) is 36.9 Å². The molecule has 0 fully saturated rings. The molecule has 1 aliphatic heterocycles. The third-order valence-corrected chi connectivity index (χ3v) is 4.05. The number of ether oxygens (including phenoxy) is 2. The first-order chi connectivity index (χ1) is 11.7. The van der Waals surface area contributed by atoms with E-state index in [9.17, 15) is 14.7 Å². The van der Waals surface area contributed by atoms with Gasteiger partial charge in [-0.25, -0.2) is 9.59 Å². The third-order valence-electron chi connectivity index (χ3n) is 4.05. The van der Waals surface area contributed by atoms with Crippen molar-refractivity contribution in [3.8, 4) is 0 Å². The van der Waals surface area contributed by atoms with Crippen LogP contribution in [-0.4, -0.2) is 59.1 Å². The molecule has 0 aromatic rings. The van der Waals surface area contributed by atoms with Crippen LogP contribution in [0.4, 0.5) is 4.79 Å². The molecular weight excluding hydrogens is 326 g/mol. The van der Waals surface area contributed by atoms with Crippen molar-refractivity contribution in [3.05, 3.63) is 11.3 Å². The normalized spacial score (nSPS) is 18.3. The lowest BCUT2D eigenvalue weighted by Gasteiger charge is -2.37. The fourth-order valence-electron chi connectivity index (χ4n) is 2.79. The molecule has 1 atom stereocenters. The molecule has 0 saturated carbocycles. The van der Waals surface area contributed by atoms with Crippen molar-refractivity contribution in [2.45, 2.75) is 70.9 Å². The number of esters is 1. The van der Waals surface area contributed by atoms with Crippen LogP contribution in [0.15, 0.2) is 11.3 Å². The van der Waals surface area contributed by atoms with Gasteiger partial charge in [0.25, 0.3) is 0 Å². The Morgan fingerprint density at radius 3 is 2.40 bits per heavy atom. The first-order valence-electron chi connectivity index (χ1n) is 8.79. The molecule has 25 heavy (non-hydrogen) atoms. The van der Waals surface area contributed by atoms with E-state index >= 15 is 0 Å². The number of amides is 1. The quantitative estimate of drug-likeness (QED) is 0.537. The third kappa shape index (κ3) is 6.94. The molecule has 144 valence electrons.